The lowest BCUT2D eigenvalue weighted by Crippen LogP contribution is -2.34. The maximum atomic E-state index is 6.37. The number of nitrogen functional groups attached to an aromatic ring is 1. The van der Waals surface area contributed by atoms with Gasteiger partial charge in [0.1, 0.15) is 22.9 Å². The second kappa shape index (κ2) is 8.78. The third-order valence-electron chi connectivity index (χ3n) is 7.12. The molecule has 1 saturated carbocycles. The van der Waals surface area contributed by atoms with Gasteiger partial charge in [-0.1, -0.05) is 62.4 Å². The highest BCUT2D eigenvalue weighted by atomic mass is 15.3. The summed E-state index contributed by atoms with van der Waals surface area (Å²) >= 11 is 0. The van der Waals surface area contributed by atoms with Crippen molar-refractivity contribution in [3.63, 3.8) is 0 Å². The number of hydrogen-bond acceptors (Lipinski definition) is 5. The van der Waals surface area contributed by atoms with Crippen molar-refractivity contribution in [1.82, 2.24) is 24.3 Å². The van der Waals surface area contributed by atoms with Crippen molar-refractivity contribution in [3.05, 3.63) is 78.9 Å². The molecule has 176 valence electrons. The molecule has 1 aliphatic heterocycles. The Hall–Kier alpha value is -3.77. The van der Waals surface area contributed by atoms with Crippen molar-refractivity contribution >= 4 is 22.2 Å². The Balaban J connectivity index is 0.00000112. The van der Waals surface area contributed by atoms with Gasteiger partial charge in [-0.2, -0.15) is 0 Å². The number of pyridine rings is 1. The summed E-state index contributed by atoms with van der Waals surface area (Å²) in [6, 6.07) is 21.5. The minimum absolute atomic E-state index is 0.460. The Bertz CT molecular complexity index is 1500. The van der Waals surface area contributed by atoms with E-state index >= 15 is 0 Å². The molecule has 2 aliphatic rings. The van der Waals surface area contributed by atoms with Crippen LogP contribution in [0.4, 0.5) is 5.82 Å². The van der Waals surface area contributed by atoms with Crippen molar-refractivity contribution in [2.45, 2.75) is 38.6 Å². The number of benzene rings is 2. The summed E-state index contributed by atoms with van der Waals surface area (Å²) in [6.45, 7) is 6.49. The van der Waals surface area contributed by atoms with E-state index in [1.54, 1.807) is 6.20 Å². The number of hydrogen-bond donors (Lipinski definition) is 1. The largest absolute Gasteiger partial charge is 0.382 e. The van der Waals surface area contributed by atoms with E-state index in [9.17, 15) is 0 Å². The SMILES string of the molecule is CC.Nc1nccn2c(C3CC(N4CC4)C3)nc(-c3ccc4ccc(-c5ccccc5)nc4c3)c12. The van der Waals surface area contributed by atoms with Gasteiger partial charge in [0.2, 0.25) is 0 Å². The van der Waals surface area contributed by atoms with Crippen LogP contribution in [0.5, 0.6) is 0 Å². The summed E-state index contributed by atoms with van der Waals surface area (Å²) in [4.78, 5) is 17.0. The Kier molecular flexibility index (Phi) is 5.46. The van der Waals surface area contributed by atoms with Crippen molar-refractivity contribution in [2.24, 2.45) is 0 Å². The summed E-state index contributed by atoms with van der Waals surface area (Å²) in [5.41, 5.74) is 12.2. The quantitative estimate of drug-likeness (QED) is 0.343. The minimum atomic E-state index is 0.460. The third-order valence-corrected chi connectivity index (χ3v) is 7.12. The number of aromatic nitrogens is 4. The van der Waals surface area contributed by atoms with Crippen molar-refractivity contribution in [3.8, 4) is 22.5 Å². The molecule has 35 heavy (non-hydrogen) atoms. The monoisotopic (exact) mass is 462 g/mol. The molecule has 5 aromatic rings. The average molecular weight is 463 g/mol. The van der Waals surface area contributed by atoms with Gasteiger partial charge in [-0.15, -0.1) is 0 Å². The van der Waals surface area contributed by atoms with Crippen molar-refractivity contribution in [2.75, 3.05) is 18.8 Å². The van der Waals surface area contributed by atoms with Gasteiger partial charge < -0.3 is 5.73 Å². The zero-order valence-corrected chi connectivity index (χ0v) is 20.2. The van der Waals surface area contributed by atoms with Crippen LogP contribution in [0.15, 0.2) is 73.1 Å². The average Bonchev–Trinajstić information content (AvgIpc) is 3.64. The molecule has 7 rings (SSSR count). The van der Waals surface area contributed by atoms with Crippen molar-refractivity contribution < 1.29 is 0 Å². The van der Waals surface area contributed by atoms with E-state index in [0.717, 1.165) is 44.8 Å². The fourth-order valence-electron chi connectivity index (χ4n) is 5.13. The van der Waals surface area contributed by atoms with E-state index in [1.807, 2.05) is 38.2 Å². The first-order chi connectivity index (χ1) is 17.2. The van der Waals surface area contributed by atoms with E-state index in [2.05, 4.69) is 56.7 Å². The molecule has 6 heteroatoms. The molecule has 0 bridgehead atoms. The lowest BCUT2D eigenvalue weighted by atomic mass is 9.79. The molecule has 1 aliphatic carbocycles. The van der Waals surface area contributed by atoms with Gasteiger partial charge in [-0.25, -0.2) is 15.0 Å². The summed E-state index contributed by atoms with van der Waals surface area (Å²) < 4.78 is 2.15. The lowest BCUT2D eigenvalue weighted by molar-refractivity contribution is 0.216. The summed E-state index contributed by atoms with van der Waals surface area (Å²) in [7, 11) is 0. The molecule has 0 amide bonds. The van der Waals surface area contributed by atoms with Crippen LogP contribution in [-0.4, -0.2) is 43.4 Å². The molecule has 6 nitrogen and oxygen atoms in total. The first-order valence-corrected chi connectivity index (χ1v) is 12.6. The molecule has 3 aromatic heterocycles. The van der Waals surface area contributed by atoms with Crippen LogP contribution in [0, 0.1) is 0 Å². The molecular formula is C29H30N6. The first-order valence-electron chi connectivity index (χ1n) is 12.6. The summed E-state index contributed by atoms with van der Waals surface area (Å²) in [5.74, 6) is 2.07. The predicted octanol–water partition coefficient (Wildman–Crippen LogP) is 5.78. The van der Waals surface area contributed by atoms with Gasteiger partial charge in [0.25, 0.3) is 0 Å². The highest BCUT2D eigenvalue weighted by Gasteiger charge is 2.41. The molecule has 0 unspecified atom stereocenters. The van der Waals surface area contributed by atoms with E-state index in [1.165, 1.54) is 25.9 Å². The van der Waals surface area contributed by atoms with E-state index in [4.69, 9.17) is 15.7 Å². The number of nitrogens with zero attached hydrogens (tertiary/aromatic N) is 5. The van der Waals surface area contributed by atoms with Crippen LogP contribution in [-0.2, 0) is 0 Å². The Morgan fingerprint density at radius 1 is 0.886 bits per heavy atom. The third kappa shape index (κ3) is 3.84. The van der Waals surface area contributed by atoms with E-state index in [-0.39, 0.29) is 0 Å². The second-order valence-corrected chi connectivity index (χ2v) is 9.18. The lowest BCUT2D eigenvalue weighted by Gasteiger charge is -2.35. The molecule has 2 fully saturated rings. The number of anilines is 1. The van der Waals surface area contributed by atoms with Crippen LogP contribution >= 0.6 is 0 Å². The van der Waals surface area contributed by atoms with Crippen LogP contribution in [0.3, 0.4) is 0 Å². The van der Waals surface area contributed by atoms with Gasteiger partial charge in [0.05, 0.1) is 11.2 Å². The fraction of sp³-hybridized carbons (Fsp3) is 0.276. The summed E-state index contributed by atoms with van der Waals surface area (Å²) in [6.07, 6.45) is 6.10. The second-order valence-electron chi connectivity index (χ2n) is 9.18. The zero-order valence-electron chi connectivity index (χ0n) is 20.2. The molecule has 0 atom stereocenters. The zero-order chi connectivity index (χ0) is 23.9. The topological polar surface area (TPSA) is 72.1 Å². The van der Waals surface area contributed by atoms with Crippen molar-refractivity contribution in [1.29, 1.82) is 0 Å². The fourth-order valence-corrected chi connectivity index (χ4v) is 5.13. The molecule has 2 aromatic carbocycles. The molecule has 2 N–H and O–H groups in total. The van der Waals surface area contributed by atoms with Crippen LogP contribution in [0.25, 0.3) is 38.9 Å². The highest BCUT2D eigenvalue weighted by molar-refractivity contribution is 5.91. The van der Waals surface area contributed by atoms with E-state index in [0.29, 0.717) is 17.8 Å². The Labute approximate surface area is 205 Å². The molecule has 0 spiro atoms. The number of nitrogens with two attached hydrogens (primary N) is 1. The standard InChI is InChI=1S/C27H24N6.C2H6/c28-26-25-24(31-27(33(25)11-10-29-26)20-14-21(15-20)32-12-13-32)19-7-6-18-8-9-22(30-23(18)16-19)17-4-2-1-3-5-17;1-2/h1-11,16,20-21H,12-15H2,(H2,28,29);1-2H3. The molecule has 1 saturated heterocycles. The van der Waals surface area contributed by atoms with Crippen LogP contribution in [0.1, 0.15) is 38.4 Å². The van der Waals surface area contributed by atoms with Crippen LogP contribution in [0.2, 0.25) is 0 Å². The predicted molar refractivity (Wildman–Crippen MR) is 142 cm³/mol. The van der Waals surface area contributed by atoms with Gasteiger partial charge in [-0.05, 0) is 25.0 Å². The van der Waals surface area contributed by atoms with Crippen LogP contribution < -0.4 is 5.73 Å². The Morgan fingerprint density at radius 2 is 1.66 bits per heavy atom. The van der Waals surface area contributed by atoms with Gasteiger partial charge >= 0.3 is 0 Å². The Morgan fingerprint density at radius 3 is 2.43 bits per heavy atom. The molecular weight excluding hydrogens is 432 g/mol. The molecule has 4 heterocycles. The van der Waals surface area contributed by atoms with Gasteiger partial charge in [0, 0.05) is 54.0 Å². The highest BCUT2D eigenvalue weighted by Crippen LogP contribution is 2.43. The maximum Gasteiger partial charge on any atom is 0.150 e. The number of fused-ring (bicyclic) bond motifs is 2. The van der Waals surface area contributed by atoms with Gasteiger partial charge in [0.15, 0.2) is 0 Å². The minimum Gasteiger partial charge on any atom is -0.382 e. The number of rotatable bonds is 4. The number of imidazole rings is 1. The smallest absolute Gasteiger partial charge is 0.150 e. The normalized spacial score (nSPS) is 19.3. The maximum absolute atomic E-state index is 6.37. The van der Waals surface area contributed by atoms with E-state index < -0.39 is 0 Å². The molecule has 0 radical (unpaired) electrons. The van der Waals surface area contributed by atoms with Gasteiger partial charge in [-0.3, -0.25) is 9.30 Å². The first kappa shape index (κ1) is 21.7. The summed E-state index contributed by atoms with van der Waals surface area (Å²) in [5, 5.41) is 1.11.